The molecule has 0 bridgehead atoms. The maximum Gasteiger partial charge on any atom is 0.490 e. The number of rotatable bonds is 4. The molecule has 0 aliphatic carbocycles. The average molecular weight is 337 g/mol. The third kappa shape index (κ3) is 4.77. The Balaban J connectivity index is 0.000000322. The molecule has 0 aliphatic rings. The van der Waals surface area contributed by atoms with Crippen LogP contribution in [-0.4, -0.2) is 45.6 Å². The van der Waals surface area contributed by atoms with E-state index in [2.05, 4.69) is 20.3 Å². The fraction of sp³-hybridized carbons (Fsp3) is 0.300. The molecular formula is C10H10F3N5O5. The molecule has 10 nitrogen and oxygen atoms in total. The van der Waals surface area contributed by atoms with Crippen molar-refractivity contribution in [1.82, 2.24) is 10.3 Å². The van der Waals surface area contributed by atoms with Gasteiger partial charge in [0.15, 0.2) is 5.52 Å². The third-order valence-corrected chi connectivity index (χ3v) is 2.29. The zero-order valence-corrected chi connectivity index (χ0v) is 11.2. The first-order chi connectivity index (χ1) is 10.7. The van der Waals surface area contributed by atoms with Crippen molar-refractivity contribution < 1.29 is 32.6 Å². The molecule has 126 valence electrons. The van der Waals surface area contributed by atoms with Crippen molar-refractivity contribution >= 4 is 28.4 Å². The highest BCUT2D eigenvalue weighted by atomic mass is 19.4. The fourth-order valence-corrected chi connectivity index (χ4v) is 1.35. The molecule has 0 radical (unpaired) electrons. The van der Waals surface area contributed by atoms with Gasteiger partial charge in [0.05, 0.1) is 10.6 Å². The number of nitrogens with two attached hydrogens (primary N) is 1. The summed E-state index contributed by atoms with van der Waals surface area (Å²) in [6.45, 7) is 0.990. The van der Waals surface area contributed by atoms with E-state index in [4.69, 9.17) is 15.6 Å². The van der Waals surface area contributed by atoms with Crippen LogP contribution in [0.5, 0.6) is 0 Å². The summed E-state index contributed by atoms with van der Waals surface area (Å²) in [4.78, 5) is 19.1. The number of hydrogen-bond acceptors (Lipinski definition) is 8. The Morgan fingerprint density at radius 3 is 2.43 bits per heavy atom. The van der Waals surface area contributed by atoms with E-state index in [9.17, 15) is 23.3 Å². The van der Waals surface area contributed by atoms with Gasteiger partial charge in [-0.05, 0) is 16.4 Å². The first-order valence-electron chi connectivity index (χ1n) is 5.82. The Bertz CT molecular complexity index is 702. The molecular weight excluding hydrogens is 327 g/mol. The largest absolute Gasteiger partial charge is 0.490 e. The van der Waals surface area contributed by atoms with E-state index in [0.29, 0.717) is 24.3 Å². The smallest absolute Gasteiger partial charge is 0.475 e. The molecule has 0 amide bonds. The lowest BCUT2D eigenvalue weighted by Crippen LogP contribution is -2.21. The number of non-ortho nitro benzene ring substituents is 1. The maximum absolute atomic E-state index is 10.7. The number of carbonyl (C=O) groups is 1. The van der Waals surface area contributed by atoms with Crippen LogP contribution < -0.4 is 11.1 Å². The molecule has 1 aromatic heterocycles. The second kappa shape index (κ2) is 7.35. The molecule has 0 spiro atoms. The topological polar surface area (TPSA) is 157 Å². The minimum atomic E-state index is -5.08. The van der Waals surface area contributed by atoms with Crippen LogP contribution in [0.25, 0.3) is 11.0 Å². The number of nitro benzene ring substituents is 1. The van der Waals surface area contributed by atoms with Crippen LogP contribution in [-0.2, 0) is 4.79 Å². The van der Waals surface area contributed by atoms with Gasteiger partial charge in [0, 0.05) is 19.2 Å². The summed E-state index contributed by atoms with van der Waals surface area (Å²) < 4.78 is 36.2. The number of benzene rings is 1. The Kier molecular flexibility index (Phi) is 5.78. The lowest BCUT2D eigenvalue weighted by atomic mass is 10.2. The van der Waals surface area contributed by atoms with Gasteiger partial charge in [-0.15, -0.1) is 0 Å². The number of carboxylic acid groups (broad SMARTS) is 1. The zero-order chi connectivity index (χ0) is 17.6. The van der Waals surface area contributed by atoms with E-state index >= 15 is 0 Å². The lowest BCUT2D eigenvalue weighted by molar-refractivity contribution is -0.383. The van der Waals surface area contributed by atoms with Gasteiger partial charge in [-0.2, -0.15) is 13.2 Å². The van der Waals surface area contributed by atoms with Gasteiger partial charge in [-0.25, -0.2) is 9.42 Å². The number of halogens is 3. The minimum Gasteiger partial charge on any atom is -0.475 e. The number of alkyl halides is 3. The van der Waals surface area contributed by atoms with E-state index in [-0.39, 0.29) is 11.2 Å². The first kappa shape index (κ1) is 18.1. The number of anilines is 1. The molecule has 0 unspecified atom stereocenters. The van der Waals surface area contributed by atoms with Crippen LogP contribution in [0.15, 0.2) is 16.8 Å². The molecule has 0 fully saturated rings. The SMILES string of the molecule is NCCNc1ccc([N+](=O)[O-])c2nonc12.O=C(O)C(F)(F)F. The molecule has 0 saturated heterocycles. The molecule has 1 heterocycles. The van der Waals surface area contributed by atoms with Crippen LogP contribution in [0, 0.1) is 10.1 Å². The second-order valence-electron chi connectivity index (χ2n) is 3.87. The molecule has 1 aromatic carbocycles. The number of aliphatic carboxylic acids is 1. The summed E-state index contributed by atoms with van der Waals surface area (Å²) in [5.41, 5.74) is 6.30. The van der Waals surface area contributed by atoms with Gasteiger partial charge >= 0.3 is 17.8 Å². The molecule has 0 atom stereocenters. The van der Waals surface area contributed by atoms with Gasteiger partial charge in [0.1, 0.15) is 0 Å². The van der Waals surface area contributed by atoms with Crippen LogP contribution in [0.2, 0.25) is 0 Å². The van der Waals surface area contributed by atoms with Crippen molar-refractivity contribution in [3.05, 3.63) is 22.2 Å². The summed E-state index contributed by atoms with van der Waals surface area (Å²) in [6.07, 6.45) is -5.08. The number of nitrogens with one attached hydrogen (secondary N) is 1. The molecule has 23 heavy (non-hydrogen) atoms. The summed E-state index contributed by atoms with van der Waals surface area (Å²) in [7, 11) is 0. The predicted molar refractivity (Wildman–Crippen MR) is 69.7 cm³/mol. The summed E-state index contributed by atoms with van der Waals surface area (Å²) >= 11 is 0. The van der Waals surface area contributed by atoms with Gasteiger partial charge < -0.3 is 16.2 Å². The Morgan fingerprint density at radius 1 is 1.39 bits per heavy atom. The molecule has 2 rings (SSSR count). The summed E-state index contributed by atoms with van der Waals surface area (Å²) in [5.74, 6) is -2.76. The summed E-state index contributed by atoms with van der Waals surface area (Å²) in [6, 6.07) is 2.91. The molecule has 4 N–H and O–H groups in total. The van der Waals surface area contributed by atoms with E-state index in [1.54, 1.807) is 6.07 Å². The number of fused-ring (bicyclic) bond motifs is 1. The van der Waals surface area contributed by atoms with Crippen molar-refractivity contribution in [1.29, 1.82) is 0 Å². The number of carboxylic acids is 1. The van der Waals surface area contributed by atoms with Gasteiger partial charge in [0.2, 0.25) is 5.52 Å². The molecule has 0 saturated carbocycles. The van der Waals surface area contributed by atoms with E-state index < -0.39 is 17.1 Å². The Hall–Kier alpha value is -2.96. The third-order valence-electron chi connectivity index (χ3n) is 2.29. The quantitative estimate of drug-likeness (QED) is 0.549. The van der Waals surface area contributed by atoms with Crippen molar-refractivity contribution in [2.75, 3.05) is 18.4 Å². The van der Waals surface area contributed by atoms with Crippen LogP contribution in [0.1, 0.15) is 0 Å². The fourth-order valence-electron chi connectivity index (χ4n) is 1.35. The lowest BCUT2D eigenvalue weighted by Gasteiger charge is -2.03. The normalized spacial score (nSPS) is 10.8. The van der Waals surface area contributed by atoms with Gasteiger partial charge in [-0.1, -0.05) is 0 Å². The number of nitrogens with zero attached hydrogens (tertiary/aromatic N) is 3. The highest BCUT2D eigenvalue weighted by Gasteiger charge is 2.38. The van der Waals surface area contributed by atoms with E-state index in [1.165, 1.54) is 6.07 Å². The van der Waals surface area contributed by atoms with Crippen molar-refractivity contribution in [2.45, 2.75) is 6.18 Å². The Morgan fingerprint density at radius 2 is 1.96 bits per heavy atom. The molecule has 2 aromatic rings. The minimum absolute atomic E-state index is 0.130. The number of aromatic nitrogens is 2. The second-order valence-corrected chi connectivity index (χ2v) is 3.87. The van der Waals surface area contributed by atoms with Crippen molar-refractivity contribution in [3.63, 3.8) is 0 Å². The Labute approximate surface area is 125 Å². The molecule has 13 heteroatoms. The predicted octanol–water partition coefficient (Wildman–Crippen LogP) is 1.13. The number of nitro groups is 1. The van der Waals surface area contributed by atoms with Gasteiger partial charge in [-0.3, -0.25) is 10.1 Å². The van der Waals surface area contributed by atoms with E-state index in [0.717, 1.165) is 0 Å². The monoisotopic (exact) mass is 337 g/mol. The standard InChI is InChI=1S/C8H9N5O3.C2HF3O2/c9-3-4-10-5-1-2-6(13(14)15)8-7(5)11-16-12-8;3-2(4,5)1(6)7/h1-2,10H,3-4,9H2;(H,6,7). The number of hydrogen-bond donors (Lipinski definition) is 3. The van der Waals surface area contributed by atoms with Crippen molar-refractivity contribution in [2.24, 2.45) is 5.73 Å². The van der Waals surface area contributed by atoms with Crippen LogP contribution >= 0.6 is 0 Å². The van der Waals surface area contributed by atoms with E-state index in [1.807, 2.05) is 0 Å². The summed E-state index contributed by atoms with van der Waals surface area (Å²) in [5, 5.41) is 27.9. The van der Waals surface area contributed by atoms with Crippen LogP contribution in [0.3, 0.4) is 0 Å². The average Bonchev–Trinajstić information content (AvgIpc) is 2.93. The first-order valence-corrected chi connectivity index (χ1v) is 5.82. The van der Waals surface area contributed by atoms with Crippen molar-refractivity contribution in [3.8, 4) is 0 Å². The zero-order valence-electron chi connectivity index (χ0n) is 11.2. The van der Waals surface area contributed by atoms with Gasteiger partial charge in [0.25, 0.3) is 0 Å². The highest BCUT2D eigenvalue weighted by molar-refractivity contribution is 5.93. The van der Waals surface area contributed by atoms with Crippen LogP contribution in [0.4, 0.5) is 24.5 Å². The highest BCUT2D eigenvalue weighted by Crippen LogP contribution is 2.28. The maximum atomic E-state index is 10.7. The molecule has 0 aliphatic heterocycles.